The lowest BCUT2D eigenvalue weighted by Gasteiger charge is -2.04. The third-order valence-corrected chi connectivity index (χ3v) is 3.17. The zero-order valence-electron chi connectivity index (χ0n) is 15.2. The van der Waals surface area contributed by atoms with E-state index in [0.29, 0.717) is 0 Å². The topological polar surface area (TPSA) is 28.7 Å². The Balaban J connectivity index is 0.000000574. The second-order valence-electron chi connectivity index (χ2n) is 5.23. The molecule has 0 aliphatic carbocycles. The van der Waals surface area contributed by atoms with Crippen molar-refractivity contribution in [3.8, 4) is 11.8 Å². The molecule has 0 unspecified atom stereocenters. The van der Waals surface area contributed by atoms with Gasteiger partial charge in [0, 0.05) is 25.2 Å². The van der Waals surface area contributed by atoms with Crippen LogP contribution in [0.3, 0.4) is 0 Å². The molecular weight excluding hydrogens is 280 g/mol. The van der Waals surface area contributed by atoms with Gasteiger partial charge in [0.25, 0.3) is 0 Å². The molecule has 0 spiro atoms. The molecule has 2 nitrogen and oxygen atoms in total. The molecule has 0 aliphatic rings. The number of nitrogens with one attached hydrogen (secondary N) is 1. The fourth-order valence-corrected chi connectivity index (χ4v) is 1.88. The predicted molar refractivity (Wildman–Crippen MR) is 101 cm³/mol. The van der Waals surface area contributed by atoms with Crippen LogP contribution in [-0.4, -0.2) is 9.97 Å². The summed E-state index contributed by atoms with van der Waals surface area (Å²) in [7, 11) is 0. The number of aromatic nitrogens is 2. The highest BCUT2D eigenvalue weighted by molar-refractivity contribution is 5.20. The van der Waals surface area contributed by atoms with Crippen LogP contribution in [0.15, 0.2) is 49.1 Å². The van der Waals surface area contributed by atoms with Gasteiger partial charge in [-0.2, -0.15) is 0 Å². The van der Waals surface area contributed by atoms with E-state index < -0.39 is 0 Å². The molecule has 2 aromatic rings. The summed E-state index contributed by atoms with van der Waals surface area (Å²) in [4.78, 5) is 6.42. The Morgan fingerprint density at radius 2 is 1.87 bits per heavy atom. The summed E-state index contributed by atoms with van der Waals surface area (Å²) >= 11 is 0. The van der Waals surface area contributed by atoms with E-state index in [0.717, 1.165) is 18.8 Å². The number of hydrogen-bond acceptors (Lipinski definition) is 1. The van der Waals surface area contributed by atoms with Crippen molar-refractivity contribution in [3.63, 3.8) is 0 Å². The average molecular weight is 313 g/mol. The largest absolute Gasteiger partial charge is 0.351 e. The number of nitrogens with zero attached hydrogens (tertiary/aromatic N) is 1. The molecule has 2 rings (SSSR count). The molecule has 2 heteroatoms. The van der Waals surface area contributed by atoms with E-state index in [1.807, 2.05) is 19.9 Å². The molecule has 0 saturated carbocycles. The van der Waals surface area contributed by atoms with E-state index in [1.54, 1.807) is 18.7 Å². The van der Waals surface area contributed by atoms with Crippen molar-refractivity contribution in [2.24, 2.45) is 5.92 Å². The molecule has 0 fully saturated rings. The highest BCUT2D eigenvalue weighted by Gasteiger charge is 1.97. The minimum atomic E-state index is 0.753. The van der Waals surface area contributed by atoms with Gasteiger partial charge in [-0.3, -0.25) is 0 Å². The summed E-state index contributed by atoms with van der Waals surface area (Å²) < 4.78 is 0. The first kappa shape index (κ1) is 21.0. The quantitative estimate of drug-likeness (QED) is 0.686. The Kier molecular flexibility index (Phi) is 14.9. The Labute approximate surface area is 142 Å². The average Bonchev–Trinajstić information content (AvgIpc) is 3.19. The van der Waals surface area contributed by atoms with E-state index in [4.69, 9.17) is 0 Å². The first-order chi connectivity index (χ1) is 11.3. The smallest absolute Gasteiger partial charge is 0.0919 e. The van der Waals surface area contributed by atoms with Crippen LogP contribution in [0.25, 0.3) is 0 Å². The van der Waals surface area contributed by atoms with Crippen LogP contribution >= 0.6 is 0 Å². The Morgan fingerprint density at radius 1 is 1.13 bits per heavy atom. The van der Waals surface area contributed by atoms with Crippen LogP contribution < -0.4 is 0 Å². The van der Waals surface area contributed by atoms with Gasteiger partial charge in [0.1, 0.15) is 0 Å². The summed E-state index contributed by atoms with van der Waals surface area (Å²) in [6, 6.07) is 10.5. The Morgan fingerprint density at radius 3 is 2.39 bits per heavy atom. The van der Waals surface area contributed by atoms with Gasteiger partial charge in [0.2, 0.25) is 0 Å². The van der Waals surface area contributed by atoms with Crippen LogP contribution in [-0.2, 0) is 6.42 Å². The van der Waals surface area contributed by atoms with Gasteiger partial charge in [0.15, 0.2) is 0 Å². The number of rotatable bonds is 5. The van der Waals surface area contributed by atoms with E-state index in [9.17, 15) is 0 Å². The molecule has 1 atom stereocenters. The molecule has 1 heterocycles. The predicted octanol–water partition coefficient (Wildman–Crippen LogP) is 5.88. The van der Waals surface area contributed by atoms with Crippen molar-refractivity contribution in [3.05, 3.63) is 54.6 Å². The lowest BCUT2D eigenvalue weighted by atomic mass is 10.0. The molecular formula is C21H32N2. The molecule has 23 heavy (non-hydrogen) atoms. The Hall–Kier alpha value is -2.01. The third-order valence-electron chi connectivity index (χ3n) is 3.17. The lowest BCUT2D eigenvalue weighted by Crippen LogP contribution is -1.92. The SMILES string of the molecule is CC.CCCC[C@@H](C)CC#CCc1ccccc1.c1c[nH]cn1. The first-order valence-electron chi connectivity index (χ1n) is 8.75. The lowest BCUT2D eigenvalue weighted by molar-refractivity contribution is 0.518. The molecule has 1 aromatic heterocycles. The first-order valence-corrected chi connectivity index (χ1v) is 8.75. The van der Waals surface area contributed by atoms with Crippen LogP contribution in [0.5, 0.6) is 0 Å². The van der Waals surface area contributed by atoms with Crippen molar-refractivity contribution in [2.45, 2.75) is 59.8 Å². The van der Waals surface area contributed by atoms with Gasteiger partial charge >= 0.3 is 0 Å². The molecule has 0 amide bonds. The fourth-order valence-electron chi connectivity index (χ4n) is 1.88. The van der Waals surface area contributed by atoms with Crippen molar-refractivity contribution in [2.75, 3.05) is 0 Å². The number of H-pyrrole nitrogens is 1. The monoisotopic (exact) mass is 312 g/mol. The standard InChI is InChI=1S/C16H22.C3H4N2.C2H6/c1-3-4-10-15(2)11-8-9-14-16-12-6-5-7-13-16;1-2-5-3-4-1;1-2/h5-7,12-13,15H,3-4,10-11,14H2,1-2H3;1-3H,(H,4,5);1-2H3/t15-;;/m1../s1. The van der Waals surface area contributed by atoms with Crippen molar-refractivity contribution >= 4 is 0 Å². The second kappa shape index (κ2) is 16.4. The molecule has 0 aliphatic heterocycles. The number of hydrogen-bond donors (Lipinski definition) is 1. The maximum atomic E-state index is 3.67. The van der Waals surface area contributed by atoms with Gasteiger partial charge in [-0.25, -0.2) is 4.98 Å². The summed E-state index contributed by atoms with van der Waals surface area (Å²) in [5.74, 6) is 7.30. The molecule has 0 saturated heterocycles. The van der Waals surface area contributed by atoms with Crippen molar-refractivity contribution < 1.29 is 0 Å². The summed E-state index contributed by atoms with van der Waals surface area (Å²) in [6.45, 7) is 8.54. The van der Waals surface area contributed by atoms with E-state index in [-0.39, 0.29) is 0 Å². The van der Waals surface area contributed by atoms with Gasteiger partial charge in [-0.15, -0.1) is 5.92 Å². The van der Waals surface area contributed by atoms with Crippen LogP contribution in [0.4, 0.5) is 0 Å². The summed E-state index contributed by atoms with van der Waals surface area (Å²) in [5.41, 5.74) is 1.32. The fraction of sp³-hybridized carbons (Fsp3) is 0.476. The zero-order valence-corrected chi connectivity index (χ0v) is 15.2. The Bertz CT molecular complexity index is 474. The van der Waals surface area contributed by atoms with E-state index >= 15 is 0 Å². The third kappa shape index (κ3) is 13.4. The minimum absolute atomic E-state index is 0.753. The van der Waals surface area contributed by atoms with Gasteiger partial charge in [-0.05, 0) is 17.9 Å². The number of benzene rings is 1. The molecule has 1 N–H and O–H groups in total. The van der Waals surface area contributed by atoms with Crippen molar-refractivity contribution in [1.82, 2.24) is 9.97 Å². The molecule has 126 valence electrons. The zero-order chi connectivity index (χ0) is 17.2. The second-order valence-corrected chi connectivity index (χ2v) is 5.23. The minimum Gasteiger partial charge on any atom is -0.351 e. The van der Waals surface area contributed by atoms with E-state index in [1.165, 1.54) is 24.8 Å². The van der Waals surface area contributed by atoms with Gasteiger partial charge in [-0.1, -0.05) is 76.8 Å². The van der Waals surface area contributed by atoms with Crippen LogP contribution in [0.2, 0.25) is 0 Å². The van der Waals surface area contributed by atoms with Crippen LogP contribution in [0.1, 0.15) is 58.9 Å². The maximum Gasteiger partial charge on any atom is 0.0919 e. The summed E-state index contributed by atoms with van der Waals surface area (Å²) in [5, 5.41) is 0. The normalized spacial score (nSPS) is 10.1. The van der Waals surface area contributed by atoms with Crippen molar-refractivity contribution in [1.29, 1.82) is 0 Å². The van der Waals surface area contributed by atoms with Gasteiger partial charge in [0.05, 0.1) is 6.33 Å². The number of unbranched alkanes of at least 4 members (excludes halogenated alkanes) is 1. The molecule has 0 radical (unpaired) electrons. The van der Waals surface area contributed by atoms with E-state index in [2.05, 4.69) is 59.9 Å². The highest BCUT2D eigenvalue weighted by Crippen LogP contribution is 2.10. The molecule has 0 bridgehead atoms. The maximum absolute atomic E-state index is 3.67. The van der Waals surface area contributed by atoms with Crippen LogP contribution in [0, 0.1) is 17.8 Å². The number of imidazole rings is 1. The summed E-state index contributed by atoms with van der Waals surface area (Å²) in [6.07, 6.45) is 11.0. The molecule has 1 aromatic carbocycles. The number of aromatic amines is 1. The van der Waals surface area contributed by atoms with Gasteiger partial charge < -0.3 is 4.98 Å². The highest BCUT2D eigenvalue weighted by atomic mass is 14.8.